The Morgan fingerprint density at radius 3 is 2.10 bits per heavy atom. The van der Waals surface area contributed by atoms with E-state index in [1.54, 1.807) is 66.7 Å². The molecule has 1 amide bonds. The Morgan fingerprint density at radius 1 is 0.933 bits per heavy atom. The van der Waals surface area contributed by atoms with E-state index >= 15 is 0 Å². The van der Waals surface area contributed by atoms with Crippen LogP contribution in [0.25, 0.3) is 5.70 Å². The maximum atomic E-state index is 12.3. The van der Waals surface area contributed by atoms with Crippen molar-refractivity contribution in [2.24, 2.45) is 0 Å². The fourth-order valence-electron chi connectivity index (χ4n) is 2.82. The lowest BCUT2D eigenvalue weighted by atomic mass is 10.1. The highest BCUT2D eigenvalue weighted by Gasteiger charge is 2.13. The minimum absolute atomic E-state index is 0.293. The van der Waals surface area contributed by atoms with Crippen LogP contribution in [-0.4, -0.2) is 11.1 Å². The molecule has 0 bridgehead atoms. The van der Waals surface area contributed by atoms with E-state index in [4.69, 9.17) is 10.5 Å². The number of hydrogen-bond acceptors (Lipinski definition) is 5. The van der Waals surface area contributed by atoms with Gasteiger partial charge in [-0.25, -0.2) is 5.06 Å². The van der Waals surface area contributed by atoms with Crippen LogP contribution in [0.5, 0.6) is 0 Å². The van der Waals surface area contributed by atoms with E-state index < -0.39 is 0 Å². The molecule has 30 heavy (non-hydrogen) atoms. The van der Waals surface area contributed by atoms with E-state index in [2.05, 4.69) is 18.0 Å². The van der Waals surface area contributed by atoms with Gasteiger partial charge in [0.2, 0.25) is 0 Å². The minimum atomic E-state index is -0.293. The normalized spacial score (nSPS) is 9.87. The summed E-state index contributed by atoms with van der Waals surface area (Å²) in [5.41, 5.74) is 4.18. The zero-order valence-electron chi connectivity index (χ0n) is 16.3. The Kier molecular flexibility index (Phi) is 5.93. The highest BCUT2D eigenvalue weighted by atomic mass is 16.5. The second kappa shape index (κ2) is 8.74. The van der Waals surface area contributed by atoms with E-state index in [9.17, 15) is 10.0 Å². The quantitative estimate of drug-likeness (QED) is 0.602. The average molecular weight is 394 g/mol. The number of carbonyl (C=O) groups excluding carboxylic acids is 1. The van der Waals surface area contributed by atoms with Gasteiger partial charge in [0.15, 0.2) is 0 Å². The second-order valence-corrected chi connectivity index (χ2v) is 6.59. The van der Waals surface area contributed by atoms with Gasteiger partial charge in [-0.15, -0.1) is 0 Å². The summed E-state index contributed by atoms with van der Waals surface area (Å²) in [5, 5.41) is 32.2. The van der Waals surface area contributed by atoms with E-state index in [0.717, 1.165) is 10.6 Å². The first-order chi connectivity index (χ1) is 14.4. The molecule has 146 valence electrons. The summed E-state index contributed by atoms with van der Waals surface area (Å²) in [6.45, 7) is 5.76. The number of amides is 1. The summed E-state index contributed by atoms with van der Waals surface area (Å²) in [6, 6.07) is 22.3. The Morgan fingerprint density at radius 2 is 1.50 bits per heavy atom. The van der Waals surface area contributed by atoms with Crippen LogP contribution in [0, 0.1) is 29.6 Å². The van der Waals surface area contributed by atoms with Gasteiger partial charge in [0.1, 0.15) is 0 Å². The van der Waals surface area contributed by atoms with E-state index in [1.165, 1.54) is 0 Å². The largest absolute Gasteiger partial charge is 0.322 e. The number of rotatable bonds is 5. The topological polar surface area (TPSA) is 100 Å². The predicted octanol–water partition coefficient (Wildman–Crippen LogP) is 4.86. The molecule has 0 saturated heterocycles. The molecule has 0 unspecified atom stereocenters. The first kappa shape index (κ1) is 20.3. The first-order valence-electron chi connectivity index (χ1n) is 9.03. The van der Waals surface area contributed by atoms with E-state index in [1.807, 2.05) is 13.0 Å². The molecular weight excluding hydrogens is 376 g/mol. The number of anilines is 2. The van der Waals surface area contributed by atoms with Crippen LogP contribution in [0.1, 0.15) is 32.6 Å². The molecule has 6 nitrogen and oxygen atoms in total. The maximum absolute atomic E-state index is 12.3. The van der Waals surface area contributed by atoms with E-state index in [0.29, 0.717) is 39.3 Å². The number of hydroxylamine groups is 1. The van der Waals surface area contributed by atoms with Crippen LogP contribution in [0.3, 0.4) is 0 Å². The van der Waals surface area contributed by atoms with E-state index in [-0.39, 0.29) is 5.91 Å². The summed E-state index contributed by atoms with van der Waals surface area (Å²) in [6.07, 6.45) is 0. The smallest absolute Gasteiger partial charge is 0.255 e. The molecule has 3 rings (SSSR count). The number of aryl methyl sites for hydroxylation is 1. The molecule has 3 aromatic rings. The predicted molar refractivity (Wildman–Crippen MR) is 115 cm³/mol. The van der Waals surface area contributed by atoms with Crippen molar-refractivity contribution in [3.63, 3.8) is 0 Å². The third kappa shape index (κ3) is 4.36. The Bertz CT molecular complexity index is 1180. The number of carbonyl (C=O) groups is 1. The Hall–Kier alpha value is -4.39. The lowest BCUT2D eigenvalue weighted by Crippen LogP contribution is -2.17. The van der Waals surface area contributed by atoms with Crippen molar-refractivity contribution in [2.75, 3.05) is 10.4 Å². The minimum Gasteiger partial charge on any atom is -0.322 e. The molecule has 3 aromatic carbocycles. The first-order valence-corrected chi connectivity index (χ1v) is 9.03. The fraction of sp³-hybridized carbons (Fsp3) is 0.0417. The summed E-state index contributed by atoms with van der Waals surface area (Å²) in [4.78, 5) is 12.3. The van der Waals surface area contributed by atoms with Crippen LogP contribution in [-0.2, 0) is 0 Å². The molecule has 0 heterocycles. The van der Waals surface area contributed by atoms with Gasteiger partial charge in [-0.2, -0.15) is 10.5 Å². The van der Waals surface area contributed by atoms with Crippen molar-refractivity contribution in [3.8, 4) is 12.1 Å². The van der Waals surface area contributed by atoms with Gasteiger partial charge >= 0.3 is 0 Å². The molecule has 0 atom stereocenters. The summed E-state index contributed by atoms with van der Waals surface area (Å²) in [7, 11) is 0. The number of nitrogens with zero attached hydrogens (tertiary/aromatic N) is 3. The molecule has 2 N–H and O–H groups in total. The molecule has 0 spiro atoms. The van der Waals surface area contributed by atoms with Crippen molar-refractivity contribution >= 4 is 23.0 Å². The monoisotopic (exact) mass is 394 g/mol. The third-order valence-corrected chi connectivity index (χ3v) is 4.57. The van der Waals surface area contributed by atoms with Crippen molar-refractivity contribution in [1.29, 1.82) is 10.5 Å². The second-order valence-electron chi connectivity index (χ2n) is 6.59. The molecule has 0 aliphatic heterocycles. The Balaban J connectivity index is 1.73. The van der Waals surface area contributed by atoms with Gasteiger partial charge < -0.3 is 5.32 Å². The molecule has 0 aliphatic rings. The third-order valence-electron chi connectivity index (χ3n) is 4.57. The standard InChI is InChI=1S/C24H18N4O2/c1-16-3-4-19(15-26)13-23(16)28(30)17(2)20-9-11-22(12-10-20)27-24(29)21-7-5-18(14-25)6-8-21/h3-13,30H,2H2,1H3,(H,27,29). The van der Waals surface area contributed by atoms with Gasteiger partial charge in [0.25, 0.3) is 5.91 Å². The lowest BCUT2D eigenvalue weighted by molar-refractivity contribution is 0.102. The van der Waals surface area contributed by atoms with Gasteiger partial charge in [0, 0.05) is 16.8 Å². The average Bonchev–Trinajstić information content (AvgIpc) is 2.79. The van der Waals surface area contributed by atoms with Crippen molar-refractivity contribution in [2.45, 2.75) is 6.92 Å². The highest BCUT2D eigenvalue weighted by Crippen LogP contribution is 2.28. The number of nitrogens with one attached hydrogen (secondary N) is 1. The lowest BCUT2D eigenvalue weighted by Gasteiger charge is -2.22. The molecule has 0 saturated carbocycles. The molecule has 0 fully saturated rings. The molecule has 0 aliphatic carbocycles. The van der Waals surface area contributed by atoms with Gasteiger partial charge in [-0.3, -0.25) is 10.0 Å². The SMILES string of the molecule is C=C(c1ccc(NC(=O)c2ccc(C#N)cc2)cc1)N(O)c1cc(C#N)ccc1C. The van der Waals surface area contributed by atoms with Crippen molar-refractivity contribution < 1.29 is 10.0 Å². The number of hydrogen-bond donors (Lipinski definition) is 2. The van der Waals surface area contributed by atoms with Crippen LogP contribution >= 0.6 is 0 Å². The van der Waals surface area contributed by atoms with Crippen LogP contribution in [0.2, 0.25) is 0 Å². The van der Waals surface area contributed by atoms with Crippen LogP contribution in [0.4, 0.5) is 11.4 Å². The maximum Gasteiger partial charge on any atom is 0.255 e. The molecular formula is C24H18N4O2. The number of nitriles is 2. The summed E-state index contributed by atoms with van der Waals surface area (Å²) >= 11 is 0. The fourth-order valence-corrected chi connectivity index (χ4v) is 2.82. The molecule has 0 radical (unpaired) electrons. The zero-order chi connectivity index (χ0) is 21.7. The van der Waals surface area contributed by atoms with Crippen molar-refractivity contribution in [1.82, 2.24) is 0 Å². The molecule has 0 aromatic heterocycles. The zero-order valence-corrected chi connectivity index (χ0v) is 16.3. The van der Waals surface area contributed by atoms with Gasteiger partial charge in [0.05, 0.1) is 34.6 Å². The van der Waals surface area contributed by atoms with Crippen LogP contribution < -0.4 is 10.4 Å². The molecule has 6 heteroatoms. The summed E-state index contributed by atoms with van der Waals surface area (Å²) in [5.74, 6) is -0.293. The Labute approximate surface area is 174 Å². The van der Waals surface area contributed by atoms with Crippen LogP contribution in [0.15, 0.2) is 73.3 Å². The summed E-state index contributed by atoms with van der Waals surface area (Å²) < 4.78 is 0. The van der Waals surface area contributed by atoms with Gasteiger partial charge in [-0.1, -0.05) is 24.8 Å². The number of benzene rings is 3. The van der Waals surface area contributed by atoms with Crippen molar-refractivity contribution in [3.05, 3.63) is 101 Å². The highest BCUT2D eigenvalue weighted by molar-refractivity contribution is 6.04. The van der Waals surface area contributed by atoms with Gasteiger partial charge in [-0.05, 0) is 61.0 Å².